The van der Waals surface area contributed by atoms with E-state index in [0.29, 0.717) is 18.7 Å². The van der Waals surface area contributed by atoms with Crippen LogP contribution in [0.2, 0.25) is 0 Å². The summed E-state index contributed by atoms with van der Waals surface area (Å²) in [4.78, 5) is 16.4. The number of esters is 1. The average molecular weight is 294 g/mol. The standard InChI is InChI=1S/C13H18N4O2S/c1-4-9-8-20-11(14-9)7-19-13(18)12-10(5-2)17(6-3)16-15-12/h8H,4-7H2,1-3H3. The number of aromatic nitrogens is 4. The monoisotopic (exact) mass is 294 g/mol. The second-order valence-corrected chi connectivity index (χ2v) is 5.16. The molecule has 7 heteroatoms. The highest BCUT2D eigenvalue weighted by atomic mass is 32.1. The number of ether oxygens (including phenoxy) is 1. The highest BCUT2D eigenvalue weighted by Gasteiger charge is 2.19. The minimum Gasteiger partial charge on any atom is -0.453 e. The molecule has 20 heavy (non-hydrogen) atoms. The Kier molecular flexibility index (Phi) is 4.84. The number of hydrogen-bond donors (Lipinski definition) is 0. The van der Waals surface area contributed by atoms with Crippen LogP contribution >= 0.6 is 11.3 Å². The molecule has 0 radical (unpaired) electrons. The summed E-state index contributed by atoms with van der Waals surface area (Å²) in [5, 5.41) is 10.6. The van der Waals surface area contributed by atoms with Gasteiger partial charge in [0.05, 0.1) is 11.4 Å². The summed E-state index contributed by atoms with van der Waals surface area (Å²) in [7, 11) is 0. The minimum atomic E-state index is -0.435. The summed E-state index contributed by atoms with van der Waals surface area (Å²) in [6.45, 7) is 6.85. The van der Waals surface area contributed by atoms with Crippen molar-refractivity contribution in [3.8, 4) is 0 Å². The number of carbonyl (C=O) groups excluding carboxylic acids is 1. The SMILES string of the molecule is CCc1csc(COC(=O)c2nnn(CC)c2CC)n1. The molecule has 0 spiro atoms. The molecular weight excluding hydrogens is 276 g/mol. The molecule has 0 atom stereocenters. The van der Waals surface area contributed by atoms with E-state index in [4.69, 9.17) is 4.74 Å². The van der Waals surface area contributed by atoms with Gasteiger partial charge in [0.1, 0.15) is 11.6 Å². The van der Waals surface area contributed by atoms with E-state index in [1.165, 1.54) is 11.3 Å². The highest BCUT2D eigenvalue weighted by Crippen LogP contribution is 2.13. The number of thiazole rings is 1. The van der Waals surface area contributed by atoms with Crippen molar-refractivity contribution in [3.63, 3.8) is 0 Å². The second-order valence-electron chi connectivity index (χ2n) is 4.22. The molecule has 0 fully saturated rings. The molecule has 0 aromatic carbocycles. The van der Waals surface area contributed by atoms with Crippen LogP contribution in [0.25, 0.3) is 0 Å². The number of aryl methyl sites for hydroxylation is 2. The molecule has 0 aliphatic heterocycles. The number of carbonyl (C=O) groups is 1. The van der Waals surface area contributed by atoms with Crippen molar-refractivity contribution in [1.82, 2.24) is 20.0 Å². The van der Waals surface area contributed by atoms with Crippen molar-refractivity contribution < 1.29 is 9.53 Å². The zero-order valence-corrected chi connectivity index (χ0v) is 12.7. The van der Waals surface area contributed by atoms with Gasteiger partial charge in [0, 0.05) is 11.9 Å². The Morgan fingerprint density at radius 3 is 2.75 bits per heavy atom. The van der Waals surface area contributed by atoms with Crippen molar-refractivity contribution >= 4 is 17.3 Å². The third kappa shape index (κ3) is 3.04. The molecule has 2 aromatic rings. The summed E-state index contributed by atoms with van der Waals surface area (Å²) in [5.41, 5.74) is 2.14. The van der Waals surface area contributed by atoms with E-state index >= 15 is 0 Å². The molecule has 0 amide bonds. The fourth-order valence-electron chi connectivity index (χ4n) is 1.87. The van der Waals surface area contributed by atoms with Crippen LogP contribution in [0.5, 0.6) is 0 Å². The maximum Gasteiger partial charge on any atom is 0.361 e. The van der Waals surface area contributed by atoms with Crippen LogP contribution in [0.1, 0.15) is 47.7 Å². The predicted octanol–water partition coefficient (Wildman–Crippen LogP) is 2.24. The molecule has 6 nitrogen and oxygen atoms in total. The van der Waals surface area contributed by atoms with Gasteiger partial charge < -0.3 is 4.74 Å². The summed E-state index contributed by atoms with van der Waals surface area (Å²) in [5.74, 6) is -0.435. The fourth-order valence-corrected chi connectivity index (χ4v) is 2.66. The van der Waals surface area contributed by atoms with E-state index in [9.17, 15) is 4.79 Å². The van der Waals surface area contributed by atoms with E-state index in [1.807, 2.05) is 26.2 Å². The van der Waals surface area contributed by atoms with Gasteiger partial charge in [-0.2, -0.15) is 0 Å². The molecule has 0 N–H and O–H groups in total. The lowest BCUT2D eigenvalue weighted by molar-refractivity contribution is 0.0464. The van der Waals surface area contributed by atoms with Crippen LogP contribution in [0.3, 0.4) is 0 Å². The zero-order chi connectivity index (χ0) is 14.5. The molecule has 2 heterocycles. The van der Waals surface area contributed by atoms with E-state index in [2.05, 4.69) is 15.3 Å². The number of rotatable bonds is 6. The van der Waals surface area contributed by atoms with Gasteiger partial charge in [-0.1, -0.05) is 19.1 Å². The van der Waals surface area contributed by atoms with Crippen LogP contribution in [0.15, 0.2) is 5.38 Å². The van der Waals surface area contributed by atoms with Gasteiger partial charge in [-0.05, 0) is 19.8 Å². The van der Waals surface area contributed by atoms with Gasteiger partial charge in [-0.15, -0.1) is 16.4 Å². The maximum absolute atomic E-state index is 12.0. The van der Waals surface area contributed by atoms with Crippen molar-refractivity contribution in [3.05, 3.63) is 27.5 Å². The number of hydrogen-bond acceptors (Lipinski definition) is 6. The highest BCUT2D eigenvalue weighted by molar-refractivity contribution is 7.09. The minimum absolute atomic E-state index is 0.186. The molecule has 0 saturated heterocycles. The molecular formula is C13H18N4O2S. The lowest BCUT2D eigenvalue weighted by atomic mass is 10.2. The van der Waals surface area contributed by atoms with Crippen LogP contribution in [-0.4, -0.2) is 25.9 Å². The van der Waals surface area contributed by atoms with Gasteiger partial charge >= 0.3 is 5.97 Å². The van der Waals surface area contributed by atoms with Crippen molar-refractivity contribution in [2.24, 2.45) is 0 Å². The van der Waals surface area contributed by atoms with Crippen molar-refractivity contribution in [1.29, 1.82) is 0 Å². The predicted molar refractivity (Wildman–Crippen MR) is 75.7 cm³/mol. The quantitative estimate of drug-likeness (QED) is 0.764. The average Bonchev–Trinajstić information content (AvgIpc) is 3.10. The Balaban J connectivity index is 2.03. The van der Waals surface area contributed by atoms with Gasteiger partial charge in [0.2, 0.25) is 0 Å². The summed E-state index contributed by atoms with van der Waals surface area (Å²) >= 11 is 1.50. The van der Waals surface area contributed by atoms with Crippen LogP contribution in [-0.2, 0) is 30.7 Å². The molecule has 2 aromatic heterocycles. The first-order chi connectivity index (χ1) is 9.69. The van der Waals surface area contributed by atoms with Crippen LogP contribution < -0.4 is 0 Å². The van der Waals surface area contributed by atoms with E-state index in [-0.39, 0.29) is 6.61 Å². The molecule has 0 aliphatic rings. The van der Waals surface area contributed by atoms with Crippen LogP contribution in [0, 0.1) is 0 Å². The Labute approximate surface area is 121 Å². The molecule has 2 rings (SSSR count). The van der Waals surface area contributed by atoms with E-state index in [1.54, 1.807) is 4.68 Å². The fraction of sp³-hybridized carbons (Fsp3) is 0.538. The first kappa shape index (κ1) is 14.6. The van der Waals surface area contributed by atoms with Crippen molar-refractivity contribution in [2.45, 2.75) is 46.8 Å². The third-order valence-corrected chi connectivity index (χ3v) is 3.82. The Bertz CT molecular complexity index is 591. The third-order valence-electron chi connectivity index (χ3n) is 2.95. The second kappa shape index (κ2) is 6.60. The van der Waals surface area contributed by atoms with Gasteiger partial charge in [0.15, 0.2) is 5.69 Å². The molecule has 108 valence electrons. The van der Waals surface area contributed by atoms with Gasteiger partial charge in [0.25, 0.3) is 0 Å². The normalized spacial score (nSPS) is 10.8. The first-order valence-electron chi connectivity index (χ1n) is 6.72. The van der Waals surface area contributed by atoms with E-state index < -0.39 is 5.97 Å². The van der Waals surface area contributed by atoms with Gasteiger partial charge in [-0.25, -0.2) is 14.5 Å². The smallest absolute Gasteiger partial charge is 0.361 e. The Morgan fingerprint density at radius 1 is 1.35 bits per heavy atom. The van der Waals surface area contributed by atoms with Crippen LogP contribution in [0.4, 0.5) is 0 Å². The summed E-state index contributed by atoms with van der Waals surface area (Å²) in [6, 6.07) is 0. The maximum atomic E-state index is 12.0. The van der Waals surface area contributed by atoms with Gasteiger partial charge in [-0.3, -0.25) is 0 Å². The zero-order valence-electron chi connectivity index (χ0n) is 11.9. The lowest BCUT2D eigenvalue weighted by Crippen LogP contribution is -2.10. The Morgan fingerprint density at radius 2 is 2.15 bits per heavy atom. The molecule has 0 saturated carbocycles. The van der Waals surface area contributed by atoms with Crippen molar-refractivity contribution in [2.75, 3.05) is 0 Å². The molecule has 0 bridgehead atoms. The lowest BCUT2D eigenvalue weighted by Gasteiger charge is -2.03. The summed E-state index contributed by atoms with van der Waals surface area (Å²) in [6.07, 6.45) is 1.58. The summed E-state index contributed by atoms with van der Waals surface area (Å²) < 4.78 is 6.98. The first-order valence-corrected chi connectivity index (χ1v) is 7.60. The topological polar surface area (TPSA) is 69.9 Å². The molecule has 0 aliphatic carbocycles. The largest absolute Gasteiger partial charge is 0.453 e. The molecule has 0 unspecified atom stereocenters. The Hall–Kier alpha value is -1.76. The number of nitrogens with zero attached hydrogens (tertiary/aromatic N) is 4. The van der Waals surface area contributed by atoms with E-state index in [0.717, 1.165) is 22.8 Å².